The number of ether oxygens (including phenoxy) is 3. The number of hydrogen-bond donors (Lipinski definition) is 1. The summed E-state index contributed by atoms with van der Waals surface area (Å²) in [4.78, 5) is 19.9. The first-order chi connectivity index (χ1) is 16.3. The molecule has 180 valence electrons. The van der Waals surface area contributed by atoms with Crippen LogP contribution in [-0.4, -0.2) is 62.2 Å². The van der Waals surface area contributed by atoms with Gasteiger partial charge in [0.05, 0.1) is 50.2 Å². The highest BCUT2D eigenvalue weighted by molar-refractivity contribution is 5.98. The molecule has 0 saturated carbocycles. The second kappa shape index (κ2) is 8.57. The van der Waals surface area contributed by atoms with Gasteiger partial charge in [-0.15, -0.1) is 0 Å². The number of anilines is 3. The van der Waals surface area contributed by atoms with Gasteiger partial charge >= 0.3 is 5.97 Å². The molecule has 4 heterocycles. The van der Waals surface area contributed by atoms with Gasteiger partial charge in [-0.25, -0.2) is 22.9 Å². The molecule has 2 N–H and O–H groups in total. The van der Waals surface area contributed by atoms with Gasteiger partial charge in [-0.3, -0.25) is 0 Å². The van der Waals surface area contributed by atoms with Gasteiger partial charge in [-0.1, -0.05) is 0 Å². The SMILES string of the molecule is CCOC(=O)C1=Cc2cc(F)c(N3CC(N)C4(C3)OCCO4)nc2N(c2ccc(F)cc2F)C1. The summed E-state index contributed by atoms with van der Waals surface area (Å²) < 4.78 is 60.1. The van der Waals surface area contributed by atoms with E-state index in [2.05, 4.69) is 4.98 Å². The van der Waals surface area contributed by atoms with Gasteiger partial charge in [0.25, 0.3) is 0 Å². The number of nitrogens with two attached hydrogens (primary N) is 1. The second-order valence-corrected chi connectivity index (χ2v) is 8.27. The molecule has 0 bridgehead atoms. The molecular formula is C23H23F3N4O4. The largest absolute Gasteiger partial charge is 0.463 e. The first-order valence-electron chi connectivity index (χ1n) is 10.9. The number of carbonyl (C=O) groups excluding carboxylic acids is 1. The van der Waals surface area contributed by atoms with Crippen LogP contribution in [0.2, 0.25) is 0 Å². The number of carbonyl (C=O) groups is 1. The van der Waals surface area contributed by atoms with Gasteiger partial charge in [0, 0.05) is 18.2 Å². The van der Waals surface area contributed by atoms with Crippen LogP contribution >= 0.6 is 0 Å². The normalized spacial score (nSPS) is 21.1. The number of halogens is 3. The fourth-order valence-corrected chi connectivity index (χ4v) is 4.51. The fraction of sp³-hybridized carbons (Fsp3) is 0.391. The van der Waals surface area contributed by atoms with E-state index in [-0.39, 0.29) is 54.7 Å². The van der Waals surface area contributed by atoms with Gasteiger partial charge in [0.2, 0.25) is 5.79 Å². The Balaban J connectivity index is 1.58. The number of pyridine rings is 1. The molecule has 3 aliphatic heterocycles. The van der Waals surface area contributed by atoms with Gasteiger partial charge in [0.1, 0.15) is 17.5 Å². The maximum atomic E-state index is 15.3. The van der Waals surface area contributed by atoms with Crippen molar-refractivity contribution in [2.75, 3.05) is 49.3 Å². The minimum absolute atomic E-state index is 0.00863. The summed E-state index contributed by atoms with van der Waals surface area (Å²) in [6.45, 7) is 2.89. The van der Waals surface area contributed by atoms with E-state index in [9.17, 15) is 13.6 Å². The third kappa shape index (κ3) is 3.79. The van der Waals surface area contributed by atoms with Crippen molar-refractivity contribution < 1.29 is 32.2 Å². The van der Waals surface area contributed by atoms with Gasteiger partial charge < -0.3 is 29.7 Å². The van der Waals surface area contributed by atoms with Gasteiger partial charge in [-0.05, 0) is 31.2 Å². The molecule has 1 atom stereocenters. The molecule has 11 heteroatoms. The Hall–Kier alpha value is -3.15. The van der Waals surface area contributed by atoms with Crippen LogP contribution in [0.5, 0.6) is 0 Å². The standard InChI is InChI=1S/C23H23F3N4O4/c1-2-32-22(31)14-7-13-8-17(26)21(29-11-19(27)23(12-29)33-5-6-34-23)28-20(13)30(10-14)18-4-3-15(24)9-16(18)25/h3-4,7-9,19H,2,5-6,10-12,27H2,1H3. The molecular weight excluding hydrogens is 453 g/mol. The Kier molecular flexibility index (Phi) is 5.70. The average molecular weight is 476 g/mol. The summed E-state index contributed by atoms with van der Waals surface area (Å²) in [5.41, 5.74) is 6.65. The number of hydrogen-bond acceptors (Lipinski definition) is 8. The Bertz CT molecular complexity index is 1170. The molecule has 1 spiro atoms. The zero-order chi connectivity index (χ0) is 24.0. The van der Waals surface area contributed by atoms with Crippen molar-refractivity contribution in [1.82, 2.24) is 4.98 Å². The molecule has 1 aromatic heterocycles. The first kappa shape index (κ1) is 22.6. The lowest BCUT2D eigenvalue weighted by Gasteiger charge is -2.31. The minimum atomic E-state index is -1.04. The zero-order valence-electron chi connectivity index (χ0n) is 18.4. The van der Waals surface area contributed by atoms with E-state index in [1.807, 2.05) is 0 Å². The van der Waals surface area contributed by atoms with Crippen molar-refractivity contribution in [3.63, 3.8) is 0 Å². The van der Waals surface area contributed by atoms with Crippen molar-refractivity contribution in [2.45, 2.75) is 18.8 Å². The maximum absolute atomic E-state index is 15.3. The van der Waals surface area contributed by atoms with Crippen molar-refractivity contribution in [2.24, 2.45) is 5.73 Å². The lowest BCUT2D eigenvalue weighted by molar-refractivity contribution is -0.147. The Morgan fingerprint density at radius 1 is 1.21 bits per heavy atom. The monoisotopic (exact) mass is 476 g/mol. The van der Waals surface area contributed by atoms with Gasteiger partial charge in [-0.2, -0.15) is 0 Å². The van der Waals surface area contributed by atoms with E-state index in [0.717, 1.165) is 12.1 Å². The maximum Gasteiger partial charge on any atom is 0.335 e. The molecule has 8 nitrogen and oxygen atoms in total. The lowest BCUT2D eigenvalue weighted by Crippen LogP contribution is -2.47. The van der Waals surface area contributed by atoms with E-state index in [1.165, 1.54) is 23.1 Å². The van der Waals surface area contributed by atoms with Crippen molar-refractivity contribution in [3.8, 4) is 0 Å². The number of rotatable bonds is 4. The predicted octanol–water partition coefficient (Wildman–Crippen LogP) is 2.49. The lowest BCUT2D eigenvalue weighted by atomic mass is 10.0. The van der Waals surface area contributed by atoms with Crippen LogP contribution in [0, 0.1) is 17.5 Å². The number of esters is 1. The quantitative estimate of drug-likeness (QED) is 0.674. The molecule has 2 aromatic rings. The molecule has 5 rings (SSSR count). The highest BCUT2D eigenvalue weighted by atomic mass is 19.1. The summed E-state index contributed by atoms with van der Waals surface area (Å²) in [7, 11) is 0. The fourth-order valence-electron chi connectivity index (χ4n) is 4.51. The smallest absolute Gasteiger partial charge is 0.335 e. The number of nitrogens with zero attached hydrogens (tertiary/aromatic N) is 3. The van der Waals surface area contributed by atoms with E-state index in [0.29, 0.717) is 13.2 Å². The van der Waals surface area contributed by atoms with Crippen molar-refractivity contribution in [3.05, 3.63) is 52.9 Å². The molecule has 3 aliphatic rings. The third-order valence-electron chi connectivity index (χ3n) is 6.09. The number of aromatic nitrogens is 1. The molecule has 2 fully saturated rings. The van der Waals surface area contributed by atoms with Crippen LogP contribution in [0.1, 0.15) is 12.5 Å². The molecule has 2 saturated heterocycles. The summed E-state index contributed by atoms with van der Waals surface area (Å²) in [5, 5.41) is 0. The van der Waals surface area contributed by atoms with Gasteiger partial charge in [0.15, 0.2) is 11.6 Å². The molecule has 34 heavy (non-hydrogen) atoms. The summed E-state index contributed by atoms with van der Waals surface area (Å²) in [6.07, 6.45) is 1.46. The van der Waals surface area contributed by atoms with Crippen LogP contribution in [0.25, 0.3) is 6.08 Å². The van der Waals surface area contributed by atoms with Crippen LogP contribution < -0.4 is 15.5 Å². The van der Waals surface area contributed by atoms with Crippen LogP contribution in [-0.2, 0) is 19.0 Å². The minimum Gasteiger partial charge on any atom is -0.463 e. The topological polar surface area (TPSA) is 90.2 Å². The van der Waals surface area contributed by atoms with E-state index in [1.54, 1.807) is 11.8 Å². The molecule has 1 unspecified atom stereocenters. The highest BCUT2D eigenvalue weighted by Crippen LogP contribution is 2.39. The highest BCUT2D eigenvalue weighted by Gasteiger charge is 2.50. The van der Waals surface area contributed by atoms with Crippen LogP contribution in [0.3, 0.4) is 0 Å². The summed E-state index contributed by atoms with van der Waals surface area (Å²) >= 11 is 0. The van der Waals surface area contributed by atoms with Crippen molar-refractivity contribution >= 4 is 29.4 Å². The molecule has 0 radical (unpaired) electrons. The molecule has 0 amide bonds. The average Bonchev–Trinajstić information content (AvgIpc) is 3.40. The van der Waals surface area contributed by atoms with E-state index >= 15 is 4.39 Å². The number of fused-ring (bicyclic) bond motifs is 1. The predicted molar refractivity (Wildman–Crippen MR) is 117 cm³/mol. The Morgan fingerprint density at radius 2 is 1.97 bits per heavy atom. The zero-order valence-corrected chi connectivity index (χ0v) is 18.4. The summed E-state index contributed by atoms with van der Waals surface area (Å²) in [5.74, 6) is -3.71. The van der Waals surface area contributed by atoms with Crippen LogP contribution in [0.15, 0.2) is 29.8 Å². The Labute approximate surface area is 193 Å². The summed E-state index contributed by atoms with van der Waals surface area (Å²) in [6, 6.07) is 3.78. The third-order valence-corrected chi connectivity index (χ3v) is 6.09. The molecule has 1 aromatic carbocycles. The number of benzene rings is 1. The Morgan fingerprint density at radius 3 is 2.68 bits per heavy atom. The van der Waals surface area contributed by atoms with Crippen molar-refractivity contribution in [1.29, 1.82) is 0 Å². The van der Waals surface area contributed by atoms with E-state index < -0.39 is 35.2 Å². The first-order valence-corrected chi connectivity index (χ1v) is 10.9. The second-order valence-electron chi connectivity index (χ2n) is 8.27. The van der Waals surface area contributed by atoms with E-state index in [4.69, 9.17) is 19.9 Å². The molecule has 0 aliphatic carbocycles. The van der Waals surface area contributed by atoms with Crippen LogP contribution in [0.4, 0.5) is 30.5 Å².